The van der Waals surface area contributed by atoms with Crippen LogP contribution < -0.4 is 9.47 Å². The molecular weight excluding hydrogens is 390 g/mol. The lowest BCUT2D eigenvalue weighted by Gasteiger charge is -2.06. The number of Topliss-reactive ketones (excluding diaryl/α,β-unsaturated/α-hetero) is 1. The number of carbonyl (C=O) groups is 1. The fraction of sp³-hybridized carbons (Fsp3) is 0.154. The summed E-state index contributed by atoms with van der Waals surface area (Å²) in [7, 11) is 1.59. The Bertz CT molecular complexity index is 1140. The van der Waals surface area contributed by atoms with Gasteiger partial charge in [0.05, 0.1) is 18.4 Å². The highest BCUT2D eigenvalue weighted by molar-refractivity contribution is 6.31. The fourth-order valence-corrected chi connectivity index (χ4v) is 3.30. The third kappa shape index (κ3) is 4.67. The van der Waals surface area contributed by atoms with Gasteiger partial charge < -0.3 is 13.9 Å². The molecule has 156 valence electrons. The predicted molar refractivity (Wildman–Crippen MR) is 121 cm³/mol. The number of allylic oxidation sites excluding steroid dienone is 2. The molecule has 0 fully saturated rings. The molecule has 0 atom stereocenters. The van der Waals surface area contributed by atoms with E-state index in [1.807, 2.05) is 36.4 Å². The first-order valence-electron chi connectivity index (χ1n) is 10.1. The first kappa shape index (κ1) is 20.4. The molecule has 4 rings (SSSR count). The summed E-state index contributed by atoms with van der Waals surface area (Å²) in [4.78, 5) is 18.0. The van der Waals surface area contributed by atoms with E-state index in [1.54, 1.807) is 43.5 Å². The highest BCUT2D eigenvalue weighted by atomic mass is 16.5. The van der Waals surface area contributed by atoms with Gasteiger partial charge in [-0.15, -0.1) is 0 Å². The zero-order valence-corrected chi connectivity index (χ0v) is 17.3. The SMILES string of the molecule is C=CCOc1ccc(/C=C(\C(=O)c2ccc(OC)cc2)c2nc3c(o2)C=CCC3)cc1. The maximum absolute atomic E-state index is 13.4. The van der Waals surface area contributed by atoms with Crippen LogP contribution in [0.3, 0.4) is 0 Å². The number of oxazole rings is 1. The molecule has 0 bridgehead atoms. The number of benzene rings is 2. The summed E-state index contributed by atoms with van der Waals surface area (Å²) >= 11 is 0. The molecule has 0 spiro atoms. The van der Waals surface area contributed by atoms with Crippen molar-refractivity contribution in [2.75, 3.05) is 13.7 Å². The van der Waals surface area contributed by atoms with E-state index in [-0.39, 0.29) is 5.78 Å². The molecule has 0 saturated heterocycles. The number of aryl methyl sites for hydroxylation is 1. The van der Waals surface area contributed by atoms with Crippen LogP contribution in [-0.2, 0) is 6.42 Å². The van der Waals surface area contributed by atoms with Gasteiger partial charge in [-0.1, -0.05) is 30.9 Å². The van der Waals surface area contributed by atoms with Gasteiger partial charge in [0.15, 0.2) is 11.5 Å². The standard InChI is InChI=1S/C26H23NO4/c1-3-16-30-21-12-8-18(9-13-21)17-22(25(28)19-10-14-20(29-2)15-11-19)26-27-23-6-4-5-7-24(23)31-26/h3,5,7-15,17H,1,4,6,16H2,2H3/b22-17+. The van der Waals surface area contributed by atoms with E-state index in [4.69, 9.17) is 13.9 Å². The highest BCUT2D eigenvalue weighted by Gasteiger charge is 2.22. The molecule has 1 aliphatic rings. The van der Waals surface area contributed by atoms with Crippen molar-refractivity contribution in [3.05, 3.63) is 95.7 Å². The molecule has 1 heterocycles. The Labute approximate surface area is 181 Å². The molecule has 1 aliphatic carbocycles. The van der Waals surface area contributed by atoms with Crippen molar-refractivity contribution in [2.45, 2.75) is 12.8 Å². The highest BCUT2D eigenvalue weighted by Crippen LogP contribution is 2.28. The Morgan fingerprint density at radius 1 is 1.13 bits per heavy atom. The van der Waals surface area contributed by atoms with Crippen LogP contribution in [-0.4, -0.2) is 24.5 Å². The number of methoxy groups -OCH3 is 1. The molecule has 0 N–H and O–H groups in total. The molecule has 0 aliphatic heterocycles. The summed E-state index contributed by atoms with van der Waals surface area (Å²) in [6.07, 6.45) is 9.17. The van der Waals surface area contributed by atoms with E-state index in [2.05, 4.69) is 11.6 Å². The lowest BCUT2D eigenvalue weighted by Crippen LogP contribution is -2.04. The van der Waals surface area contributed by atoms with Gasteiger partial charge in [0.2, 0.25) is 5.89 Å². The maximum atomic E-state index is 13.4. The maximum Gasteiger partial charge on any atom is 0.230 e. The molecule has 2 aromatic carbocycles. The molecule has 3 aromatic rings. The molecule has 0 saturated carbocycles. The number of ether oxygens (including phenoxy) is 2. The van der Waals surface area contributed by atoms with Crippen LogP contribution in [0.25, 0.3) is 17.7 Å². The van der Waals surface area contributed by atoms with Crippen LogP contribution in [0, 0.1) is 0 Å². The number of rotatable bonds is 8. The van der Waals surface area contributed by atoms with Crippen molar-refractivity contribution in [1.82, 2.24) is 4.98 Å². The van der Waals surface area contributed by atoms with Crippen molar-refractivity contribution < 1.29 is 18.7 Å². The summed E-state index contributed by atoms with van der Waals surface area (Å²) in [6.45, 7) is 4.09. The van der Waals surface area contributed by atoms with Gasteiger partial charge >= 0.3 is 0 Å². The normalized spacial score (nSPS) is 12.9. The Morgan fingerprint density at radius 2 is 1.87 bits per heavy atom. The van der Waals surface area contributed by atoms with Gasteiger partial charge in [0, 0.05) is 5.56 Å². The number of hydrogen-bond acceptors (Lipinski definition) is 5. The summed E-state index contributed by atoms with van der Waals surface area (Å²) in [5.74, 6) is 2.29. The van der Waals surface area contributed by atoms with E-state index in [0.29, 0.717) is 35.1 Å². The largest absolute Gasteiger partial charge is 0.497 e. The number of fused-ring (bicyclic) bond motifs is 1. The minimum Gasteiger partial charge on any atom is -0.497 e. The van der Waals surface area contributed by atoms with Gasteiger partial charge in [-0.05, 0) is 67.0 Å². The van der Waals surface area contributed by atoms with Gasteiger partial charge in [0.1, 0.15) is 18.1 Å². The van der Waals surface area contributed by atoms with Crippen molar-refractivity contribution in [1.29, 1.82) is 0 Å². The second-order valence-electron chi connectivity index (χ2n) is 7.06. The van der Waals surface area contributed by atoms with E-state index in [0.717, 1.165) is 29.8 Å². The van der Waals surface area contributed by atoms with Crippen molar-refractivity contribution >= 4 is 23.5 Å². The van der Waals surface area contributed by atoms with Gasteiger partial charge in [-0.25, -0.2) is 4.98 Å². The van der Waals surface area contributed by atoms with Gasteiger partial charge in [-0.2, -0.15) is 0 Å². The number of hydrogen-bond donors (Lipinski definition) is 0. The van der Waals surface area contributed by atoms with Crippen LogP contribution in [0.5, 0.6) is 11.5 Å². The van der Waals surface area contributed by atoms with E-state index < -0.39 is 0 Å². The van der Waals surface area contributed by atoms with Crippen LogP contribution >= 0.6 is 0 Å². The van der Waals surface area contributed by atoms with E-state index in [1.165, 1.54) is 0 Å². The molecule has 5 nitrogen and oxygen atoms in total. The first-order valence-corrected chi connectivity index (χ1v) is 10.1. The number of ketones is 1. The third-order valence-corrected chi connectivity index (χ3v) is 4.93. The first-order chi connectivity index (χ1) is 15.2. The smallest absolute Gasteiger partial charge is 0.230 e. The number of aromatic nitrogens is 1. The Kier molecular flexibility index (Phi) is 6.13. The van der Waals surface area contributed by atoms with Crippen LogP contribution in [0.1, 0.15) is 39.7 Å². The lowest BCUT2D eigenvalue weighted by molar-refractivity contribution is 0.105. The molecule has 0 amide bonds. The molecule has 0 radical (unpaired) electrons. The second-order valence-corrected chi connectivity index (χ2v) is 7.06. The lowest BCUT2D eigenvalue weighted by atomic mass is 10.0. The monoisotopic (exact) mass is 413 g/mol. The van der Waals surface area contributed by atoms with Crippen molar-refractivity contribution in [3.8, 4) is 11.5 Å². The molecule has 0 unspecified atom stereocenters. The zero-order valence-electron chi connectivity index (χ0n) is 17.3. The minimum atomic E-state index is -0.169. The predicted octanol–water partition coefficient (Wildman–Crippen LogP) is 5.63. The second kappa shape index (κ2) is 9.30. The van der Waals surface area contributed by atoms with Crippen molar-refractivity contribution in [3.63, 3.8) is 0 Å². The fourth-order valence-electron chi connectivity index (χ4n) is 3.30. The quantitative estimate of drug-likeness (QED) is 0.272. The third-order valence-electron chi connectivity index (χ3n) is 4.93. The summed E-state index contributed by atoms with van der Waals surface area (Å²) in [5.41, 5.74) is 2.64. The Balaban J connectivity index is 1.72. The average Bonchev–Trinajstić information content (AvgIpc) is 3.25. The zero-order chi connectivity index (χ0) is 21.6. The Morgan fingerprint density at radius 3 is 2.55 bits per heavy atom. The summed E-state index contributed by atoms with van der Waals surface area (Å²) in [5, 5.41) is 0. The molecular formula is C26H23NO4. The minimum absolute atomic E-state index is 0.169. The van der Waals surface area contributed by atoms with Crippen molar-refractivity contribution in [2.24, 2.45) is 0 Å². The summed E-state index contributed by atoms with van der Waals surface area (Å²) in [6, 6.07) is 14.5. The van der Waals surface area contributed by atoms with E-state index >= 15 is 0 Å². The summed E-state index contributed by atoms with van der Waals surface area (Å²) < 4.78 is 16.7. The van der Waals surface area contributed by atoms with Gasteiger partial charge in [0.25, 0.3) is 0 Å². The molecule has 31 heavy (non-hydrogen) atoms. The van der Waals surface area contributed by atoms with Crippen LogP contribution in [0.4, 0.5) is 0 Å². The molecule has 1 aromatic heterocycles. The van der Waals surface area contributed by atoms with E-state index in [9.17, 15) is 4.79 Å². The Hall–Kier alpha value is -3.86. The average molecular weight is 413 g/mol. The molecule has 5 heteroatoms. The van der Waals surface area contributed by atoms with Crippen LogP contribution in [0.15, 0.2) is 71.7 Å². The topological polar surface area (TPSA) is 61.6 Å². The number of nitrogens with zero attached hydrogens (tertiary/aromatic N) is 1. The van der Waals surface area contributed by atoms with Crippen LogP contribution in [0.2, 0.25) is 0 Å². The van der Waals surface area contributed by atoms with Gasteiger partial charge in [-0.3, -0.25) is 4.79 Å². The number of carbonyl (C=O) groups excluding carboxylic acids is 1.